The molecule has 1 fully saturated rings. The standard InChI is InChI=1S/C16H23NO3/c1-11-8-9-13(12(10-11)16(18)20-3)17-14-6-4-5-7-15(14)19-2/h8-10,14-15,17H,4-7H2,1-3H3. The summed E-state index contributed by atoms with van der Waals surface area (Å²) in [6, 6.07) is 6.06. The maximum atomic E-state index is 11.9. The zero-order chi connectivity index (χ0) is 14.5. The number of ether oxygens (including phenoxy) is 2. The molecule has 2 unspecified atom stereocenters. The Morgan fingerprint density at radius 1 is 1.25 bits per heavy atom. The zero-order valence-electron chi connectivity index (χ0n) is 12.4. The van der Waals surface area contributed by atoms with Gasteiger partial charge in [-0.05, 0) is 31.9 Å². The van der Waals surface area contributed by atoms with Crippen molar-refractivity contribution in [1.82, 2.24) is 0 Å². The van der Waals surface area contributed by atoms with Crippen molar-refractivity contribution >= 4 is 11.7 Å². The third kappa shape index (κ3) is 3.31. The van der Waals surface area contributed by atoms with Crippen LogP contribution in [0.2, 0.25) is 0 Å². The number of esters is 1. The maximum absolute atomic E-state index is 11.9. The number of methoxy groups -OCH3 is 2. The van der Waals surface area contributed by atoms with Gasteiger partial charge in [0.1, 0.15) is 0 Å². The van der Waals surface area contributed by atoms with Crippen molar-refractivity contribution in [2.45, 2.75) is 44.8 Å². The maximum Gasteiger partial charge on any atom is 0.339 e. The number of rotatable bonds is 4. The Morgan fingerprint density at radius 2 is 2.00 bits per heavy atom. The number of anilines is 1. The topological polar surface area (TPSA) is 47.6 Å². The highest BCUT2D eigenvalue weighted by Gasteiger charge is 2.26. The molecular weight excluding hydrogens is 254 g/mol. The van der Waals surface area contributed by atoms with Gasteiger partial charge in [0.15, 0.2) is 0 Å². The SMILES string of the molecule is COC(=O)c1cc(C)ccc1NC1CCCCC1OC. The molecule has 0 radical (unpaired) electrons. The Morgan fingerprint density at radius 3 is 2.70 bits per heavy atom. The van der Waals surface area contributed by atoms with Gasteiger partial charge in [0.2, 0.25) is 0 Å². The molecule has 0 heterocycles. The summed E-state index contributed by atoms with van der Waals surface area (Å²) in [5.41, 5.74) is 2.47. The van der Waals surface area contributed by atoms with E-state index in [0.29, 0.717) is 5.56 Å². The molecule has 4 heteroatoms. The summed E-state index contributed by atoms with van der Waals surface area (Å²) in [5.74, 6) is -0.305. The lowest BCUT2D eigenvalue weighted by atomic mass is 9.92. The average molecular weight is 277 g/mol. The van der Waals surface area contributed by atoms with Crippen LogP contribution >= 0.6 is 0 Å². The van der Waals surface area contributed by atoms with E-state index < -0.39 is 0 Å². The Balaban J connectivity index is 2.21. The summed E-state index contributed by atoms with van der Waals surface area (Å²) < 4.78 is 10.4. The molecule has 1 aliphatic carbocycles. The first kappa shape index (κ1) is 14.9. The van der Waals surface area contributed by atoms with Crippen LogP contribution in [-0.2, 0) is 9.47 Å². The largest absolute Gasteiger partial charge is 0.465 e. The zero-order valence-corrected chi connectivity index (χ0v) is 12.4. The Kier molecular flexibility index (Phi) is 5.01. The number of hydrogen-bond acceptors (Lipinski definition) is 4. The predicted octanol–water partition coefficient (Wildman–Crippen LogP) is 3.15. The summed E-state index contributed by atoms with van der Waals surface area (Å²) in [4.78, 5) is 11.9. The molecule has 1 saturated carbocycles. The third-order valence-electron chi connectivity index (χ3n) is 3.93. The van der Waals surface area contributed by atoms with E-state index in [-0.39, 0.29) is 18.1 Å². The Hall–Kier alpha value is -1.55. The molecule has 1 aromatic rings. The molecule has 110 valence electrons. The van der Waals surface area contributed by atoms with E-state index in [4.69, 9.17) is 9.47 Å². The summed E-state index contributed by atoms with van der Waals surface area (Å²) in [6.07, 6.45) is 4.72. The fraction of sp³-hybridized carbons (Fsp3) is 0.562. The van der Waals surface area contributed by atoms with Crippen molar-refractivity contribution in [3.8, 4) is 0 Å². The van der Waals surface area contributed by atoms with E-state index in [2.05, 4.69) is 5.32 Å². The van der Waals surface area contributed by atoms with Crippen molar-refractivity contribution in [3.63, 3.8) is 0 Å². The molecule has 0 bridgehead atoms. The van der Waals surface area contributed by atoms with E-state index in [9.17, 15) is 4.79 Å². The first-order chi connectivity index (χ1) is 9.65. The van der Waals surface area contributed by atoms with Crippen molar-refractivity contribution < 1.29 is 14.3 Å². The van der Waals surface area contributed by atoms with Crippen molar-refractivity contribution in [3.05, 3.63) is 29.3 Å². The predicted molar refractivity (Wildman–Crippen MR) is 79.2 cm³/mol. The van der Waals surface area contributed by atoms with Crippen LogP contribution in [0.5, 0.6) is 0 Å². The summed E-state index contributed by atoms with van der Waals surface area (Å²) in [7, 11) is 3.16. The Labute approximate surface area is 120 Å². The van der Waals surface area contributed by atoms with Gasteiger partial charge in [-0.15, -0.1) is 0 Å². The number of benzene rings is 1. The smallest absolute Gasteiger partial charge is 0.339 e. The quantitative estimate of drug-likeness (QED) is 0.859. The van der Waals surface area contributed by atoms with Gasteiger partial charge in [0.25, 0.3) is 0 Å². The molecule has 1 aromatic carbocycles. The molecule has 2 atom stereocenters. The number of nitrogens with one attached hydrogen (secondary N) is 1. The molecule has 20 heavy (non-hydrogen) atoms. The fourth-order valence-electron chi connectivity index (χ4n) is 2.81. The van der Waals surface area contributed by atoms with Gasteiger partial charge >= 0.3 is 5.97 Å². The minimum Gasteiger partial charge on any atom is -0.465 e. The average Bonchev–Trinajstić information content (AvgIpc) is 2.48. The molecule has 1 N–H and O–H groups in total. The second-order valence-electron chi connectivity index (χ2n) is 5.35. The van der Waals surface area contributed by atoms with Crippen LogP contribution in [0.15, 0.2) is 18.2 Å². The minimum absolute atomic E-state index is 0.204. The lowest BCUT2D eigenvalue weighted by Crippen LogP contribution is -2.38. The Bertz CT molecular complexity index is 473. The molecule has 4 nitrogen and oxygen atoms in total. The normalized spacial score (nSPS) is 22.4. The molecule has 1 aliphatic rings. The lowest BCUT2D eigenvalue weighted by Gasteiger charge is -2.32. The van der Waals surface area contributed by atoms with Gasteiger partial charge < -0.3 is 14.8 Å². The highest BCUT2D eigenvalue weighted by molar-refractivity contribution is 5.95. The van der Waals surface area contributed by atoms with Gasteiger partial charge in [-0.2, -0.15) is 0 Å². The van der Waals surface area contributed by atoms with E-state index in [0.717, 1.165) is 24.1 Å². The van der Waals surface area contributed by atoms with Gasteiger partial charge in [-0.1, -0.05) is 24.5 Å². The molecule has 0 spiro atoms. The van der Waals surface area contributed by atoms with Crippen molar-refractivity contribution in [1.29, 1.82) is 0 Å². The number of carbonyl (C=O) groups excluding carboxylic acids is 1. The number of aryl methyl sites for hydroxylation is 1. The van der Waals surface area contributed by atoms with Crippen molar-refractivity contribution in [2.24, 2.45) is 0 Å². The van der Waals surface area contributed by atoms with E-state index in [1.54, 1.807) is 7.11 Å². The molecule has 0 aliphatic heterocycles. The van der Waals surface area contributed by atoms with E-state index in [1.165, 1.54) is 20.0 Å². The van der Waals surface area contributed by atoms with Crippen LogP contribution < -0.4 is 5.32 Å². The minimum atomic E-state index is -0.305. The lowest BCUT2D eigenvalue weighted by molar-refractivity contribution is 0.0586. The van der Waals surface area contributed by atoms with E-state index in [1.807, 2.05) is 25.1 Å². The van der Waals surface area contributed by atoms with Crippen LogP contribution in [-0.4, -0.2) is 32.3 Å². The second kappa shape index (κ2) is 6.75. The van der Waals surface area contributed by atoms with Gasteiger partial charge in [0.05, 0.1) is 24.8 Å². The van der Waals surface area contributed by atoms with Gasteiger partial charge in [-0.25, -0.2) is 4.79 Å². The molecule has 0 amide bonds. The molecule has 2 rings (SSSR count). The summed E-state index contributed by atoms with van der Waals surface area (Å²) in [6.45, 7) is 1.97. The van der Waals surface area contributed by atoms with Gasteiger partial charge in [-0.3, -0.25) is 0 Å². The first-order valence-electron chi connectivity index (χ1n) is 7.14. The van der Waals surface area contributed by atoms with Crippen LogP contribution in [0.1, 0.15) is 41.6 Å². The van der Waals surface area contributed by atoms with Crippen LogP contribution in [0.3, 0.4) is 0 Å². The van der Waals surface area contributed by atoms with E-state index >= 15 is 0 Å². The second-order valence-corrected chi connectivity index (χ2v) is 5.35. The first-order valence-corrected chi connectivity index (χ1v) is 7.14. The highest BCUT2D eigenvalue weighted by atomic mass is 16.5. The fourth-order valence-corrected chi connectivity index (χ4v) is 2.81. The van der Waals surface area contributed by atoms with Gasteiger partial charge in [0, 0.05) is 12.8 Å². The summed E-state index contributed by atoms with van der Waals surface area (Å²) in [5, 5.41) is 3.47. The van der Waals surface area contributed by atoms with Crippen LogP contribution in [0.25, 0.3) is 0 Å². The van der Waals surface area contributed by atoms with Crippen LogP contribution in [0, 0.1) is 6.92 Å². The third-order valence-corrected chi connectivity index (χ3v) is 3.93. The van der Waals surface area contributed by atoms with Crippen LogP contribution in [0.4, 0.5) is 5.69 Å². The number of hydrogen-bond donors (Lipinski definition) is 1. The summed E-state index contributed by atoms with van der Waals surface area (Å²) >= 11 is 0. The van der Waals surface area contributed by atoms with Crippen molar-refractivity contribution in [2.75, 3.05) is 19.5 Å². The monoisotopic (exact) mass is 277 g/mol. The molecule has 0 saturated heterocycles. The number of carbonyl (C=O) groups is 1. The molecular formula is C16H23NO3. The molecule has 0 aromatic heterocycles. The highest BCUT2D eigenvalue weighted by Crippen LogP contribution is 2.26.